The lowest BCUT2D eigenvalue weighted by atomic mass is 9.87. The van der Waals surface area contributed by atoms with Gasteiger partial charge in [-0.1, -0.05) is 32.9 Å². The van der Waals surface area contributed by atoms with Gasteiger partial charge >= 0.3 is 0 Å². The molecule has 1 aromatic carbocycles. The zero-order valence-corrected chi connectivity index (χ0v) is 12.2. The van der Waals surface area contributed by atoms with Crippen molar-refractivity contribution < 1.29 is 9.90 Å². The summed E-state index contributed by atoms with van der Waals surface area (Å²) in [6, 6.07) is 7.23. The second-order valence-corrected chi connectivity index (χ2v) is 6.12. The van der Waals surface area contributed by atoms with E-state index in [2.05, 4.69) is 5.32 Å². The summed E-state index contributed by atoms with van der Waals surface area (Å²) in [5.41, 5.74) is 0.492. The van der Waals surface area contributed by atoms with E-state index in [9.17, 15) is 9.90 Å². The summed E-state index contributed by atoms with van der Waals surface area (Å²) in [5, 5.41) is 12.3. The third kappa shape index (κ3) is 3.75. The van der Waals surface area contributed by atoms with Gasteiger partial charge in [-0.3, -0.25) is 4.79 Å². The topological polar surface area (TPSA) is 49.3 Å². The first-order valence-corrected chi connectivity index (χ1v) is 7.17. The molecular weight excluding hydrogens is 246 g/mol. The zero-order chi connectivity index (χ0) is 13.8. The smallest absolute Gasteiger partial charge is 0.252 e. The third-order valence-electron chi connectivity index (χ3n) is 2.88. The molecule has 0 spiro atoms. The maximum Gasteiger partial charge on any atom is 0.252 e. The van der Waals surface area contributed by atoms with E-state index in [0.717, 1.165) is 4.90 Å². The highest BCUT2D eigenvalue weighted by Gasteiger charge is 2.26. The molecule has 2 N–H and O–H groups in total. The fraction of sp³-hybridized carbons (Fsp3) is 0.500. The number of aliphatic hydroxyl groups is 1. The molecule has 0 aromatic heterocycles. The van der Waals surface area contributed by atoms with Gasteiger partial charge in [-0.05, 0) is 23.8 Å². The monoisotopic (exact) mass is 267 g/mol. The van der Waals surface area contributed by atoms with Gasteiger partial charge in [0, 0.05) is 4.90 Å². The molecule has 0 heterocycles. The Bertz CT molecular complexity index is 413. The zero-order valence-electron chi connectivity index (χ0n) is 11.4. The quantitative estimate of drug-likeness (QED) is 0.824. The first-order chi connectivity index (χ1) is 8.40. The Balaban J connectivity index is 2.88. The summed E-state index contributed by atoms with van der Waals surface area (Å²) in [7, 11) is 0. The minimum atomic E-state index is -0.250. The van der Waals surface area contributed by atoms with E-state index >= 15 is 0 Å². The van der Waals surface area contributed by atoms with Crippen LogP contribution in [0.25, 0.3) is 0 Å². The maximum absolute atomic E-state index is 12.2. The van der Waals surface area contributed by atoms with Crippen molar-refractivity contribution in [2.24, 2.45) is 5.41 Å². The molecule has 0 bridgehead atoms. The predicted molar refractivity (Wildman–Crippen MR) is 76.0 cm³/mol. The lowest BCUT2D eigenvalue weighted by Crippen LogP contribution is -2.46. The molecule has 1 atom stereocenters. The lowest BCUT2D eigenvalue weighted by molar-refractivity contribution is 0.0845. The van der Waals surface area contributed by atoms with Crippen LogP contribution in [0.1, 0.15) is 31.1 Å². The van der Waals surface area contributed by atoms with Crippen LogP contribution in [0, 0.1) is 5.41 Å². The molecule has 0 fully saturated rings. The van der Waals surface area contributed by atoms with Gasteiger partial charge < -0.3 is 10.4 Å². The number of nitrogens with one attached hydrogen (secondary N) is 1. The van der Waals surface area contributed by atoms with Crippen molar-refractivity contribution in [3.63, 3.8) is 0 Å². The second-order valence-electron chi connectivity index (χ2n) is 5.27. The van der Waals surface area contributed by atoms with Crippen molar-refractivity contribution in [2.45, 2.75) is 31.7 Å². The van der Waals surface area contributed by atoms with E-state index in [1.165, 1.54) is 0 Å². The van der Waals surface area contributed by atoms with Crippen LogP contribution in [-0.4, -0.2) is 29.9 Å². The highest BCUT2D eigenvalue weighted by atomic mass is 32.2. The standard InChI is InChI=1S/C14H21NO2S/c1-14(2,3)12(9-16)15-13(17)10-7-5-6-8-11(10)18-4/h5-8,12,16H,9H2,1-4H3,(H,15,17)/t12-/m1/s1. The second kappa shape index (κ2) is 6.25. The van der Waals surface area contributed by atoms with Crippen LogP contribution < -0.4 is 5.32 Å². The molecule has 4 heteroatoms. The summed E-state index contributed by atoms with van der Waals surface area (Å²) in [6.07, 6.45) is 1.94. The largest absolute Gasteiger partial charge is 0.394 e. The van der Waals surface area contributed by atoms with Gasteiger partial charge in [0.25, 0.3) is 5.91 Å². The van der Waals surface area contributed by atoms with E-state index < -0.39 is 0 Å². The van der Waals surface area contributed by atoms with Crippen LogP contribution in [0.2, 0.25) is 0 Å². The van der Waals surface area contributed by atoms with Crippen LogP contribution >= 0.6 is 11.8 Å². The van der Waals surface area contributed by atoms with E-state index in [1.54, 1.807) is 17.8 Å². The number of carbonyl (C=O) groups excluding carboxylic acids is 1. The molecule has 3 nitrogen and oxygen atoms in total. The molecule has 0 aliphatic rings. The predicted octanol–water partition coefficient (Wildman–Crippen LogP) is 2.55. The normalized spacial score (nSPS) is 13.2. The molecule has 0 aliphatic carbocycles. The number of amides is 1. The van der Waals surface area contributed by atoms with E-state index in [-0.39, 0.29) is 24.0 Å². The number of aliphatic hydroxyl groups excluding tert-OH is 1. The van der Waals surface area contributed by atoms with Crippen molar-refractivity contribution in [3.05, 3.63) is 29.8 Å². The molecule has 1 aromatic rings. The van der Waals surface area contributed by atoms with Gasteiger partial charge in [0.1, 0.15) is 0 Å². The molecule has 100 valence electrons. The van der Waals surface area contributed by atoms with Crippen molar-refractivity contribution >= 4 is 17.7 Å². The van der Waals surface area contributed by atoms with E-state index in [0.29, 0.717) is 5.56 Å². The van der Waals surface area contributed by atoms with Crippen LogP contribution in [0.3, 0.4) is 0 Å². The lowest BCUT2D eigenvalue weighted by Gasteiger charge is -2.30. The van der Waals surface area contributed by atoms with Gasteiger partial charge in [0.15, 0.2) is 0 Å². The van der Waals surface area contributed by atoms with Gasteiger partial charge in [-0.25, -0.2) is 0 Å². The Morgan fingerprint density at radius 1 is 1.39 bits per heavy atom. The summed E-state index contributed by atoms with van der Waals surface area (Å²) < 4.78 is 0. The first kappa shape index (κ1) is 15.1. The van der Waals surface area contributed by atoms with Crippen molar-refractivity contribution in [1.29, 1.82) is 0 Å². The number of thioether (sulfide) groups is 1. The van der Waals surface area contributed by atoms with Crippen LogP contribution in [0.15, 0.2) is 29.2 Å². The Morgan fingerprint density at radius 2 is 2.00 bits per heavy atom. The number of rotatable bonds is 4. The third-order valence-corrected chi connectivity index (χ3v) is 3.68. The minimum absolute atomic E-state index is 0.0589. The van der Waals surface area contributed by atoms with Gasteiger partial charge in [0.05, 0.1) is 18.2 Å². The maximum atomic E-state index is 12.2. The average molecular weight is 267 g/mol. The Kier molecular flexibility index (Phi) is 5.23. The highest BCUT2D eigenvalue weighted by Crippen LogP contribution is 2.22. The minimum Gasteiger partial charge on any atom is -0.394 e. The fourth-order valence-corrected chi connectivity index (χ4v) is 2.20. The molecule has 1 rings (SSSR count). The molecule has 1 amide bonds. The average Bonchev–Trinajstić information content (AvgIpc) is 2.34. The molecule has 18 heavy (non-hydrogen) atoms. The molecule has 0 aliphatic heterocycles. The Hall–Kier alpha value is -1.00. The number of carbonyl (C=O) groups is 1. The molecule has 0 saturated heterocycles. The van der Waals surface area contributed by atoms with Crippen LogP contribution in [0.4, 0.5) is 0 Å². The number of benzene rings is 1. The van der Waals surface area contributed by atoms with Crippen LogP contribution in [-0.2, 0) is 0 Å². The summed E-state index contributed by atoms with van der Waals surface area (Å²) in [5.74, 6) is -0.131. The van der Waals surface area contributed by atoms with Gasteiger partial charge in [0.2, 0.25) is 0 Å². The van der Waals surface area contributed by atoms with Crippen LogP contribution in [0.5, 0.6) is 0 Å². The highest BCUT2D eigenvalue weighted by molar-refractivity contribution is 7.98. The molecule has 0 radical (unpaired) electrons. The summed E-state index contributed by atoms with van der Waals surface area (Å²) in [6.45, 7) is 5.93. The molecule has 0 unspecified atom stereocenters. The summed E-state index contributed by atoms with van der Waals surface area (Å²) in [4.78, 5) is 13.1. The first-order valence-electron chi connectivity index (χ1n) is 5.95. The SMILES string of the molecule is CSc1ccccc1C(=O)N[C@H](CO)C(C)(C)C. The van der Waals surface area contributed by atoms with E-state index in [4.69, 9.17) is 0 Å². The van der Waals surface area contributed by atoms with Crippen molar-refractivity contribution in [3.8, 4) is 0 Å². The van der Waals surface area contributed by atoms with Crippen molar-refractivity contribution in [1.82, 2.24) is 5.32 Å². The number of hydrogen-bond donors (Lipinski definition) is 2. The van der Waals surface area contributed by atoms with E-state index in [1.807, 2.05) is 45.2 Å². The number of hydrogen-bond acceptors (Lipinski definition) is 3. The molecule has 0 saturated carbocycles. The van der Waals surface area contributed by atoms with Gasteiger partial charge in [-0.15, -0.1) is 11.8 Å². The van der Waals surface area contributed by atoms with Crippen molar-refractivity contribution in [2.75, 3.05) is 12.9 Å². The summed E-state index contributed by atoms with van der Waals surface area (Å²) >= 11 is 1.54. The Morgan fingerprint density at radius 3 is 2.50 bits per heavy atom. The molecular formula is C14H21NO2S. The van der Waals surface area contributed by atoms with Gasteiger partial charge in [-0.2, -0.15) is 0 Å². The fourth-order valence-electron chi connectivity index (χ4n) is 1.60. The Labute approximate surface area is 113 Å².